The second-order valence-electron chi connectivity index (χ2n) is 5.49. The first-order chi connectivity index (χ1) is 8.81. The Morgan fingerprint density at radius 2 is 2.11 bits per heavy atom. The fourth-order valence-electron chi connectivity index (χ4n) is 2.81. The van der Waals surface area contributed by atoms with Gasteiger partial charge >= 0.3 is 0 Å². The maximum atomic E-state index is 3.48. The van der Waals surface area contributed by atoms with Crippen molar-refractivity contribution < 1.29 is 0 Å². The van der Waals surface area contributed by atoms with Gasteiger partial charge in [0.25, 0.3) is 0 Å². The fourth-order valence-corrected chi connectivity index (χ4v) is 2.81. The zero-order chi connectivity index (χ0) is 12.8. The molecule has 0 saturated carbocycles. The van der Waals surface area contributed by atoms with Crippen LogP contribution in [0.3, 0.4) is 0 Å². The second kappa shape index (κ2) is 6.79. The van der Waals surface area contributed by atoms with Gasteiger partial charge in [-0.25, -0.2) is 0 Å². The molecule has 1 unspecified atom stereocenters. The van der Waals surface area contributed by atoms with Gasteiger partial charge in [0.15, 0.2) is 0 Å². The molecule has 0 saturated heterocycles. The molecule has 1 N–H and O–H groups in total. The van der Waals surface area contributed by atoms with E-state index in [1.165, 1.54) is 43.6 Å². The first-order valence-electron chi connectivity index (χ1n) is 7.35. The Kier molecular flexibility index (Phi) is 5.06. The van der Waals surface area contributed by atoms with Crippen LogP contribution in [0.15, 0.2) is 24.3 Å². The van der Waals surface area contributed by atoms with E-state index in [0.717, 1.165) is 19.0 Å². The predicted molar refractivity (Wildman–Crippen MR) is 79.3 cm³/mol. The Balaban J connectivity index is 1.88. The van der Waals surface area contributed by atoms with Crippen molar-refractivity contribution in [2.45, 2.75) is 33.1 Å². The van der Waals surface area contributed by atoms with E-state index in [1.807, 2.05) is 0 Å². The third-order valence-corrected chi connectivity index (χ3v) is 3.64. The van der Waals surface area contributed by atoms with Crippen molar-refractivity contribution in [2.24, 2.45) is 5.92 Å². The summed E-state index contributed by atoms with van der Waals surface area (Å²) in [5.74, 6) is 0.781. The third kappa shape index (κ3) is 3.49. The molecule has 1 aliphatic heterocycles. The van der Waals surface area contributed by atoms with Crippen LogP contribution in [0.4, 0.5) is 5.69 Å². The maximum absolute atomic E-state index is 3.48. The molecule has 2 rings (SSSR count). The van der Waals surface area contributed by atoms with Crippen LogP contribution in [0.2, 0.25) is 0 Å². The van der Waals surface area contributed by atoms with Crippen LogP contribution in [0, 0.1) is 5.92 Å². The number of para-hydroxylation sites is 1. The van der Waals surface area contributed by atoms with Gasteiger partial charge in [-0.3, -0.25) is 0 Å². The second-order valence-corrected chi connectivity index (χ2v) is 5.49. The zero-order valence-corrected chi connectivity index (χ0v) is 11.8. The molecule has 2 heteroatoms. The van der Waals surface area contributed by atoms with E-state index in [-0.39, 0.29) is 0 Å². The van der Waals surface area contributed by atoms with Gasteiger partial charge in [-0.1, -0.05) is 32.0 Å². The molecule has 0 fully saturated rings. The van der Waals surface area contributed by atoms with Gasteiger partial charge in [0.1, 0.15) is 0 Å². The maximum Gasteiger partial charge on any atom is 0.0398 e. The standard InChI is InChI=1S/C16H26N2/c1-3-9-17-10-6-11-18-13-14(2)12-15-7-4-5-8-16(15)18/h4-5,7-8,14,17H,3,6,9-13H2,1-2H3. The largest absolute Gasteiger partial charge is 0.371 e. The molecule has 1 aromatic rings. The van der Waals surface area contributed by atoms with E-state index >= 15 is 0 Å². The van der Waals surface area contributed by atoms with Crippen LogP contribution >= 0.6 is 0 Å². The van der Waals surface area contributed by atoms with Crippen LogP contribution in [0.25, 0.3) is 0 Å². The summed E-state index contributed by atoms with van der Waals surface area (Å²) in [7, 11) is 0. The lowest BCUT2D eigenvalue weighted by Crippen LogP contribution is -2.36. The number of rotatable bonds is 6. The van der Waals surface area contributed by atoms with E-state index in [4.69, 9.17) is 0 Å². The van der Waals surface area contributed by atoms with E-state index in [9.17, 15) is 0 Å². The molecular weight excluding hydrogens is 220 g/mol. The van der Waals surface area contributed by atoms with Crippen molar-refractivity contribution in [3.05, 3.63) is 29.8 Å². The molecule has 2 nitrogen and oxygen atoms in total. The summed E-state index contributed by atoms with van der Waals surface area (Å²) >= 11 is 0. The highest BCUT2D eigenvalue weighted by Gasteiger charge is 2.20. The quantitative estimate of drug-likeness (QED) is 0.776. The summed E-state index contributed by atoms with van der Waals surface area (Å²) in [4.78, 5) is 2.57. The molecular formula is C16H26N2. The molecule has 0 amide bonds. The lowest BCUT2D eigenvalue weighted by molar-refractivity contribution is 0.520. The lowest BCUT2D eigenvalue weighted by Gasteiger charge is -2.35. The highest BCUT2D eigenvalue weighted by atomic mass is 15.1. The summed E-state index contributed by atoms with van der Waals surface area (Å²) in [6.45, 7) is 9.25. The number of anilines is 1. The Morgan fingerprint density at radius 3 is 2.94 bits per heavy atom. The first kappa shape index (κ1) is 13.4. The monoisotopic (exact) mass is 246 g/mol. The summed E-state index contributed by atoms with van der Waals surface area (Å²) in [6.07, 6.45) is 3.70. The average Bonchev–Trinajstić information content (AvgIpc) is 2.38. The van der Waals surface area contributed by atoms with E-state index < -0.39 is 0 Å². The van der Waals surface area contributed by atoms with Crippen molar-refractivity contribution in [2.75, 3.05) is 31.1 Å². The van der Waals surface area contributed by atoms with Gasteiger partial charge in [0, 0.05) is 18.8 Å². The summed E-state index contributed by atoms with van der Waals surface area (Å²) < 4.78 is 0. The molecule has 0 aromatic heterocycles. The summed E-state index contributed by atoms with van der Waals surface area (Å²) in [5, 5.41) is 3.48. The molecule has 1 aliphatic rings. The van der Waals surface area contributed by atoms with Crippen molar-refractivity contribution >= 4 is 5.69 Å². The molecule has 0 aliphatic carbocycles. The van der Waals surface area contributed by atoms with Crippen LogP contribution < -0.4 is 10.2 Å². The first-order valence-corrected chi connectivity index (χ1v) is 7.35. The molecule has 100 valence electrons. The molecule has 1 atom stereocenters. The molecule has 0 spiro atoms. The number of benzene rings is 1. The van der Waals surface area contributed by atoms with Crippen LogP contribution in [0.5, 0.6) is 0 Å². The molecule has 1 heterocycles. The summed E-state index contributed by atoms with van der Waals surface area (Å²) in [5.41, 5.74) is 2.99. The van der Waals surface area contributed by atoms with E-state index in [2.05, 4.69) is 48.3 Å². The minimum absolute atomic E-state index is 0.781. The van der Waals surface area contributed by atoms with Gasteiger partial charge in [-0.2, -0.15) is 0 Å². The Labute approximate surface area is 111 Å². The lowest BCUT2D eigenvalue weighted by atomic mass is 9.94. The van der Waals surface area contributed by atoms with Crippen LogP contribution in [-0.2, 0) is 6.42 Å². The van der Waals surface area contributed by atoms with Crippen molar-refractivity contribution in [1.82, 2.24) is 5.32 Å². The van der Waals surface area contributed by atoms with Gasteiger partial charge in [0.05, 0.1) is 0 Å². The topological polar surface area (TPSA) is 15.3 Å². The molecule has 18 heavy (non-hydrogen) atoms. The van der Waals surface area contributed by atoms with Gasteiger partial charge in [-0.15, -0.1) is 0 Å². The predicted octanol–water partition coefficient (Wildman–Crippen LogP) is 3.07. The Morgan fingerprint density at radius 1 is 1.28 bits per heavy atom. The number of hydrogen-bond donors (Lipinski definition) is 1. The van der Waals surface area contributed by atoms with Gasteiger partial charge in [0.2, 0.25) is 0 Å². The number of nitrogens with one attached hydrogen (secondary N) is 1. The van der Waals surface area contributed by atoms with E-state index in [1.54, 1.807) is 0 Å². The molecule has 1 aromatic carbocycles. The number of fused-ring (bicyclic) bond motifs is 1. The van der Waals surface area contributed by atoms with Crippen molar-refractivity contribution in [3.63, 3.8) is 0 Å². The third-order valence-electron chi connectivity index (χ3n) is 3.64. The Hall–Kier alpha value is -1.02. The van der Waals surface area contributed by atoms with Gasteiger partial charge < -0.3 is 10.2 Å². The molecule has 0 bridgehead atoms. The SMILES string of the molecule is CCCNCCCN1CC(C)Cc2ccccc21. The fraction of sp³-hybridized carbons (Fsp3) is 0.625. The summed E-state index contributed by atoms with van der Waals surface area (Å²) in [6, 6.07) is 8.89. The zero-order valence-electron chi connectivity index (χ0n) is 11.8. The normalized spacial score (nSPS) is 18.8. The number of nitrogens with zero attached hydrogens (tertiary/aromatic N) is 1. The average molecular weight is 246 g/mol. The van der Waals surface area contributed by atoms with E-state index in [0.29, 0.717) is 0 Å². The van der Waals surface area contributed by atoms with Crippen LogP contribution in [-0.4, -0.2) is 26.2 Å². The van der Waals surface area contributed by atoms with Crippen molar-refractivity contribution in [1.29, 1.82) is 0 Å². The number of hydrogen-bond acceptors (Lipinski definition) is 2. The van der Waals surface area contributed by atoms with Gasteiger partial charge in [-0.05, 0) is 49.9 Å². The molecule has 0 radical (unpaired) electrons. The minimum Gasteiger partial charge on any atom is -0.371 e. The highest BCUT2D eigenvalue weighted by Crippen LogP contribution is 2.29. The highest BCUT2D eigenvalue weighted by molar-refractivity contribution is 5.55. The minimum atomic E-state index is 0.781. The smallest absolute Gasteiger partial charge is 0.0398 e. The van der Waals surface area contributed by atoms with Crippen molar-refractivity contribution in [3.8, 4) is 0 Å². The Bertz CT molecular complexity index is 362. The van der Waals surface area contributed by atoms with Crippen LogP contribution in [0.1, 0.15) is 32.3 Å².